The van der Waals surface area contributed by atoms with Gasteiger partial charge in [0.15, 0.2) is 0 Å². The first kappa shape index (κ1) is 18.7. The molecule has 1 aliphatic carbocycles. The zero-order chi connectivity index (χ0) is 18.9. The van der Waals surface area contributed by atoms with Crippen molar-refractivity contribution in [1.29, 1.82) is 0 Å². The van der Waals surface area contributed by atoms with E-state index in [4.69, 9.17) is 0 Å². The van der Waals surface area contributed by atoms with Crippen molar-refractivity contribution in [3.63, 3.8) is 0 Å². The molecule has 1 N–H and O–H groups in total. The Morgan fingerprint density at radius 2 is 1.65 bits per heavy atom. The van der Waals surface area contributed by atoms with Crippen LogP contribution in [0.15, 0.2) is 59.5 Å². The fourth-order valence-electron chi connectivity index (χ4n) is 2.93. The van der Waals surface area contributed by atoms with Crippen LogP contribution in [0.4, 0.5) is 13.2 Å². The van der Waals surface area contributed by atoms with Crippen molar-refractivity contribution in [2.24, 2.45) is 11.8 Å². The Balaban J connectivity index is 1.80. The Kier molecular flexibility index (Phi) is 4.98. The maximum Gasteiger partial charge on any atom is 0.573 e. The van der Waals surface area contributed by atoms with Gasteiger partial charge >= 0.3 is 6.36 Å². The molecule has 8 heteroatoms. The molecule has 0 heterocycles. The number of rotatable bonds is 6. The van der Waals surface area contributed by atoms with Gasteiger partial charge in [-0.25, -0.2) is 13.1 Å². The van der Waals surface area contributed by atoms with Crippen molar-refractivity contribution in [3.05, 3.63) is 60.2 Å². The first-order valence-electron chi connectivity index (χ1n) is 8.09. The zero-order valence-electron chi connectivity index (χ0n) is 13.9. The Morgan fingerprint density at radius 3 is 2.15 bits per heavy atom. The molecule has 0 radical (unpaired) electrons. The van der Waals surface area contributed by atoms with Crippen LogP contribution in [-0.2, 0) is 10.0 Å². The average molecular weight is 385 g/mol. The Hall–Kier alpha value is -2.06. The van der Waals surface area contributed by atoms with Crippen LogP contribution in [0.2, 0.25) is 0 Å². The van der Waals surface area contributed by atoms with Crippen LogP contribution in [-0.4, -0.2) is 14.8 Å². The fourth-order valence-corrected chi connectivity index (χ4v) is 4.21. The van der Waals surface area contributed by atoms with Crippen LogP contribution in [0.25, 0.3) is 0 Å². The van der Waals surface area contributed by atoms with Crippen molar-refractivity contribution in [3.8, 4) is 5.75 Å². The van der Waals surface area contributed by atoms with E-state index in [1.807, 2.05) is 30.3 Å². The maximum atomic E-state index is 12.7. The molecule has 4 nitrogen and oxygen atoms in total. The lowest BCUT2D eigenvalue weighted by molar-refractivity contribution is -0.274. The molecule has 2 aromatic rings. The molecule has 0 spiro atoms. The predicted molar refractivity (Wildman–Crippen MR) is 89.9 cm³/mol. The molecular formula is C18H18F3NO3S. The lowest BCUT2D eigenvalue weighted by Crippen LogP contribution is -2.30. The smallest absolute Gasteiger partial charge is 0.406 e. The van der Waals surface area contributed by atoms with Crippen molar-refractivity contribution in [2.75, 3.05) is 0 Å². The van der Waals surface area contributed by atoms with E-state index in [1.54, 1.807) is 0 Å². The minimum Gasteiger partial charge on any atom is -0.406 e. The standard InChI is InChI=1S/C18H18F3NO3S/c1-12-11-16(12)17(13-5-3-2-4-6-13)22-26(23,24)15-9-7-14(8-10-15)25-18(19,20)21/h2-10,12,16-17,22H,11H2,1H3/t12-,16+,17-/m0/s1. The Morgan fingerprint density at radius 1 is 1.08 bits per heavy atom. The summed E-state index contributed by atoms with van der Waals surface area (Å²) in [5, 5.41) is 0. The summed E-state index contributed by atoms with van der Waals surface area (Å²) in [7, 11) is -3.88. The Bertz CT molecular complexity index is 852. The summed E-state index contributed by atoms with van der Waals surface area (Å²) in [6.07, 6.45) is -3.90. The number of halogens is 3. The molecule has 3 atom stereocenters. The number of benzene rings is 2. The van der Waals surface area contributed by atoms with E-state index < -0.39 is 22.1 Å². The number of sulfonamides is 1. The lowest BCUT2D eigenvalue weighted by Gasteiger charge is -2.19. The molecule has 26 heavy (non-hydrogen) atoms. The third-order valence-electron chi connectivity index (χ3n) is 4.41. The SMILES string of the molecule is C[C@H]1C[C@H]1[C@@H](NS(=O)(=O)c1ccc(OC(F)(F)F)cc1)c1ccccc1. The van der Waals surface area contributed by atoms with Crippen LogP contribution in [0.5, 0.6) is 5.75 Å². The molecule has 1 aliphatic rings. The van der Waals surface area contributed by atoms with Gasteiger partial charge in [0.25, 0.3) is 0 Å². The summed E-state index contributed by atoms with van der Waals surface area (Å²) in [6, 6.07) is 13.0. The van der Waals surface area contributed by atoms with Gasteiger partial charge in [-0.05, 0) is 48.1 Å². The van der Waals surface area contributed by atoms with E-state index in [1.165, 1.54) is 0 Å². The average Bonchev–Trinajstić information content (AvgIpc) is 3.29. The summed E-state index contributed by atoms with van der Waals surface area (Å²) in [5.41, 5.74) is 0.863. The van der Waals surface area contributed by atoms with Gasteiger partial charge in [-0.2, -0.15) is 0 Å². The highest BCUT2D eigenvalue weighted by molar-refractivity contribution is 7.89. The third-order valence-corrected chi connectivity index (χ3v) is 5.87. The number of ether oxygens (including phenoxy) is 1. The predicted octanol–water partition coefficient (Wildman–Crippen LogP) is 4.26. The second-order valence-electron chi connectivity index (χ2n) is 6.41. The molecule has 2 aromatic carbocycles. The van der Waals surface area contributed by atoms with E-state index in [0.29, 0.717) is 5.92 Å². The highest BCUT2D eigenvalue weighted by Gasteiger charge is 2.42. The topological polar surface area (TPSA) is 55.4 Å². The van der Waals surface area contributed by atoms with Gasteiger partial charge in [0.05, 0.1) is 10.9 Å². The van der Waals surface area contributed by atoms with Crippen LogP contribution in [0.3, 0.4) is 0 Å². The first-order chi connectivity index (χ1) is 12.2. The van der Waals surface area contributed by atoms with Crippen LogP contribution >= 0.6 is 0 Å². The van der Waals surface area contributed by atoms with Crippen molar-refractivity contribution in [2.45, 2.75) is 30.6 Å². The van der Waals surface area contributed by atoms with Gasteiger partial charge in [0.2, 0.25) is 10.0 Å². The zero-order valence-corrected chi connectivity index (χ0v) is 14.7. The van der Waals surface area contributed by atoms with E-state index in [-0.39, 0.29) is 16.9 Å². The van der Waals surface area contributed by atoms with Gasteiger partial charge in [-0.3, -0.25) is 0 Å². The highest BCUT2D eigenvalue weighted by Crippen LogP contribution is 2.47. The largest absolute Gasteiger partial charge is 0.573 e. The minimum atomic E-state index is -4.82. The highest BCUT2D eigenvalue weighted by atomic mass is 32.2. The van der Waals surface area contributed by atoms with Gasteiger partial charge in [-0.15, -0.1) is 13.2 Å². The molecule has 1 fully saturated rings. The number of hydrogen-bond donors (Lipinski definition) is 1. The van der Waals surface area contributed by atoms with E-state index in [9.17, 15) is 21.6 Å². The fraction of sp³-hybridized carbons (Fsp3) is 0.333. The third kappa shape index (κ3) is 4.56. The summed E-state index contributed by atoms with van der Waals surface area (Å²) in [6.45, 7) is 2.05. The molecule has 3 rings (SSSR count). The molecule has 0 aliphatic heterocycles. The van der Waals surface area contributed by atoms with Crippen LogP contribution in [0.1, 0.15) is 24.9 Å². The van der Waals surface area contributed by atoms with Crippen LogP contribution in [0, 0.1) is 11.8 Å². The van der Waals surface area contributed by atoms with Gasteiger partial charge in [0, 0.05) is 0 Å². The number of nitrogens with one attached hydrogen (secondary N) is 1. The first-order valence-corrected chi connectivity index (χ1v) is 9.57. The Labute approximate surface area is 150 Å². The monoisotopic (exact) mass is 385 g/mol. The van der Waals surface area contributed by atoms with Gasteiger partial charge in [0.1, 0.15) is 5.75 Å². The summed E-state index contributed by atoms with van der Waals surface area (Å²) < 4.78 is 68.5. The number of alkyl halides is 3. The molecular weight excluding hydrogens is 367 g/mol. The summed E-state index contributed by atoms with van der Waals surface area (Å²) in [4.78, 5) is -0.110. The number of hydrogen-bond acceptors (Lipinski definition) is 3. The van der Waals surface area contributed by atoms with E-state index in [2.05, 4.69) is 16.4 Å². The lowest BCUT2D eigenvalue weighted by atomic mass is 10.0. The molecule has 0 amide bonds. The second-order valence-corrected chi connectivity index (χ2v) is 8.12. The van der Waals surface area contributed by atoms with E-state index in [0.717, 1.165) is 36.2 Å². The molecule has 0 unspecified atom stereocenters. The summed E-state index contributed by atoms with van der Waals surface area (Å²) >= 11 is 0. The molecule has 1 saturated carbocycles. The van der Waals surface area contributed by atoms with Crippen LogP contribution < -0.4 is 9.46 Å². The van der Waals surface area contributed by atoms with Crippen molar-refractivity contribution < 1.29 is 26.3 Å². The van der Waals surface area contributed by atoms with Gasteiger partial charge < -0.3 is 4.74 Å². The second kappa shape index (κ2) is 6.92. The van der Waals surface area contributed by atoms with Gasteiger partial charge in [-0.1, -0.05) is 37.3 Å². The molecule has 0 bridgehead atoms. The maximum absolute atomic E-state index is 12.7. The normalized spacial score (nSPS) is 21.2. The summed E-state index contributed by atoms with van der Waals surface area (Å²) in [5.74, 6) is 0.136. The molecule has 0 aromatic heterocycles. The van der Waals surface area contributed by atoms with Crippen molar-refractivity contribution >= 4 is 10.0 Å². The van der Waals surface area contributed by atoms with Crippen molar-refractivity contribution in [1.82, 2.24) is 4.72 Å². The van der Waals surface area contributed by atoms with E-state index >= 15 is 0 Å². The molecule has 140 valence electrons. The molecule has 0 saturated heterocycles. The quantitative estimate of drug-likeness (QED) is 0.808. The minimum absolute atomic E-state index is 0.110.